The van der Waals surface area contributed by atoms with Crippen molar-refractivity contribution in [3.8, 4) is 11.3 Å². The molecular weight excluding hydrogens is 326 g/mol. The minimum absolute atomic E-state index is 0.0363. The Bertz CT molecular complexity index is 925. The minimum Gasteiger partial charge on any atom is -0.339 e. The van der Waals surface area contributed by atoms with Gasteiger partial charge in [0.15, 0.2) is 0 Å². The van der Waals surface area contributed by atoms with Gasteiger partial charge in [0.25, 0.3) is 5.91 Å². The zero-order valence-electron chi connectivity index (χ0n) is 15.1. The number of hydrogen-bond donors (Lipinski definition) is 2. The van der Waals surface area contributed by atoms with Gasteiger partial charge in [-0.3, -0.25) is 14.9 Å². The molecule has 0 atom stereocenters. The van der Waals surface area contributed by atoms with Crippen LogP contribution in [0.1, 0.15) is 28.8 Å². The maximum absolute atomic E-state index is 12.8. The summed E-state index contributed by atoms with van der Waals surface area (Å²) in [6.07, 6.45) is 5.50. The summed E-state index contributed by atoms with van der Waals surface area (Å²) < 4.78 is 0. The predicted octanol–water partition coefficient (Wildman–Crippen LogP) is 2.76. The highest BCUT2D eigenvalue weighted by Crippen LogP contribution is 2.29. The van der Waals surface area contributed by atoms with Crippen molar-refractivity contribution < 1.29 is 4.79 Å². The first-order valence-electron chi connectivity index (χ1n) is 9.02. The molecule has 2 N–H and O–H groups in total. The number of aryl methyl sites for hydroxylation is 1. The zero-order chi connectivity index (χ0) is 18.1. The van der Waals surface area contributed by atoms with Gasteiger partial charge < -0.3 is 10.2 Å². The molecule has 0 aliphatic carbocycles. The van der Waals surface area contributed by atoms with Gasteiger partial charge in [0.2, 0.25) is 0 Å². The average Bonchev–Trinajstić information content (AvgIpc) is 3.16. The molecule has 3 aromatic rings. The number of fused-ring (bicyclic) bond motifs is 1. The van der Waals surface area contributed by atoms with Crippen molar-refractivity contribution in [2.45, 2.75) is 25.8 Å². The summed E-state index contributed by atoms with van der Waals surface area (Å²) in [5.74, 6) is 0.0363. The fraction of sp³-hybridized carbons (Fsp3) is 0.350. The number of hydrogen-bond acceptors (Lipinski definition) is 4. The van der Waals surface area contributed by atoms with Crippen LogP contribution in [0.3, 0.4) is 0 Å². The van der Waals surface area contributed by atoms with E-state index in [1.807, 2.05) is 36.3 Å². The van der Waals surface area contributed by atoms with Crippen LogP contribution in [0.4, 0.5) is 0 Å². The Hall–Kier alpha value is -2.73. The van der Waals surface area contributed by atoms with E-state index in [-0.39, 0.29) is 5.91 Å². The average molecular weight is 349 g/mol. The van der Waals surface area contributed by atoms with Gasteiger partial charge in [-0.05, 0) is 56.6 Å². The first-order chi connectivity index (χ1) is 12.6. The Morgan fingerprint density at radius 2 is 1.96 bits per heavy atom. The molecule has 1 aliphatic heterocycles. The van der Waals surface area contributed by atoms with E-state index in [1.165, 1.54) is 0 Å². The SMILES string of the molecule is Cc1ccc2[nH]ncc2c1-c1ccc(C(=O)N(C)C2CCNCC2)cn1. The third-order valence-corrected chi connectivity index (χ3v) is 5.28. The van der Waals surface area contributed by atoms with Crippen molar-refractivity contribution in [2.24, 2.45) is 0 Å². The van der Waals surface area contributed by atoms with Crippen molar-refractivity contribution in [3.63, 3.8) is 0 Å². The fourth-order valence-electron chi connectivity index (χ4n) is 3.70. The number of amides is 1. The molecule has 1 aromatic carbocycles. The molecule has 0 unspecified atom stereocenters. The smallest absolute Gasteiger partial charge is 0.255 e. The van der Waals surface area contributed by atoms with Crippen molar-refractivity contribution in [1.82, 2.24) is 25.4 Å². The lowest BCUT2D eigenvalue weighted by molar-refractivity contribution is 0.0703. The summed E-state index contributed by atoms with van der Waals surface area (Å²) in [7, 11) is 1.89. The van der Waals surface area contributed by atoms with Gasteiger partial charge in [-0.2, -0.15) is 5.10 Å². The van der Waals surface area contributed by atoms with Crippen LogP contribution < -0.4 is 5.32 Å². The maximum atomic E-state index is 12.8. The van der Waals surface area contributed by atoms with Gasteiger partial charge in [-0.1, -0.05) is 6.07 Å². The third kappa shape index (κ3) is 2.97. The topological polar surface area (TPSA) is 73.9 Å². The van der Waals surface area contributed by atoms with E-state index in [1.54, 1.807) is 6.20 Å². The molecule has 0 saturated carbocycles. The number of H-pyrrole nitrogens is 1. The van der Waals surface area contributed by atoms with Crippen molar-refractivity contribution in [1.29, 1.82) is 0 Å². The highest BCUT2D eigenvalue weighted by molar-refractivity contribution is 5.97. The summed E-state index contributed by atoms with van der Waals surface area (Å²) in [4.78, 5) is 19.2. The van der Waals surface area contributed by atoms with Crippen molar-refractivity contribution >= 4 is 16.8 Å². The molecule has 1 fully saturated rings. The van der Waals surface area contributed by atoms with E-state index in [9.17, 15) is 4.79 Å². The van der Waals surface area contributed by atoms with Crippen LogP contribution in [-0.2, 0) is 0 Å². The second-order valence-electron chi connectivity index (χ2n) is 6.92. The summed E-state index contributed by atoms with van der Waals surface area (Å²) >= 11 is 0. The number of benzene rings is 1. The number of aromatic nitrogens is 3. The molecule has 1 amide bonds. The summed E-state index contributed by atoms with van der Waals surface area (Å²) in [6.45, 7) is 3.99. The quantitative estimate of drug-likeness (QED) is 0.762. The molecule has 0 radical (unpaired) electrons. The first kappa shape index (κ1) is 16.7. The van der Waals surface area contributed by atoms with Gasteiger partial charge in [0.05, 0.1) is 23.0 Å². The molecule has 0 spiro atoms. The standard InChI is InChI=1S/C20H23N5O/c1-13-3-5-17-16(12-23-24-17)19(13)18-6-4-14(11-22-18)20(26)25(2)15-7-9-21-10-8-15/h3-6,11-12,15,21H,7-10H2,1-2H3,(H,23,24). The Balaban J connectivity index is 1.61. The van der Waals surface area contributed by atoms with Gasteiger partial charge in [-0.15, -0.1) is 0 Å². The van der Waals surface area contributed by atoms with Crippen molar-refractivity contribution in [2.75, 3.05) is 20.1 Å². The lowest BCUT2D eigenvalue weighted by atomic mass is 10.0. The lowest BCUT2D eigenvalue weighted by Crippen LogP contribution is -2.43. The minimum atomic E-state index is 0.0363. The number of carbonyl (C=O) groups excluding carboxylic acids is 1. The largest absolute Gasteiger partial charge is 0.339 e. The molecule has 3 heterocycles. The summed E-state index contributed by atoms with van der Waals surface area (Å²) in [5.41, 5.74) is 4.67. The zero-order valence-corrected chi connectivity index (χ0v) is 15.1. The Kier molecular flexibility index (Phi) is 4.42. The highest BCUT2D eigenvalue weighted by Gasteiger charge is 2.23. The third-order valence-electron chi connectivity index (χ3n) is 5.28. The molecule has 26 heavy (non-hydrogen) atoms. The normalized spacial score (nSPS) is 15.3. The Labute approximate surface area is 152 Å². The molecule has 134 valence electrons. The number of pyridine rings is 1. The van der Waals surface area contributed by atoms with Crippen LogP contribution in [0.5, 0.6) is 0 Å². The number of piperidine rings is 1. The highest BCUT2D eigenvalue weighted by atomic mass is 16.2. The van der Waals surface area contributed by atoms with E-state index >= 15 is 0 Å². The van der Waals surface area contributed by atoms with Crippen LogP contribution in [0.2, 0.25) is 0 Å². The van der Waals surface area contributed by atoms with Crippen LogP contribution >= 0.6 is 0 Å². The van der Waals surface area contributed by atoms with E-state index < -0.39 is 0 Å². The molecule has 4 rings (SSSR count). The molecule has 0 bridgehead atoms. The van der Waals surface area contributed by atoms with Gasteiger partial charge >= 0.3 is 0 Å². The predicted molar refractivity (Wildman–Crippen MR) is 102 cm³/mol. The summed E-state index contributed by atoms with van der Waals surface area (Å²) in [6, 6.07) is 8.18. The molecule has 6 heteroatoms. The number of carbonyl (C=O) groups is 1. The van der Waals surface area contributed by atoms with Crippen LogP contribution in [0, 0.1) is 6.92 Å². The second kappa shape index (κ2) is 6.88. The van der Waals surface area contributed by atoms with E-state index in [0.29, 0.717) is 11.6 Å². The fourth-order valence-corrected chi connectivity index (χ4v) is 3.70. The number of nitrogens with one attached hydrogen (secondary N) is 2. The van der Waals surface area contributed by atoms with Crippen LogP contribution in [-0.4, -0.2) is 52.2 Å². The van der Waals surface area contributed by atoms with Gasteiger partial charge in [0, 0.05) is 30.2 Å². The Morgan fingerprint density at radius 3 is 2.69 bits per heavy atom. The van der Waals surface area contributed by atoms with E-state index in [0.717, 1.165) is 53.7 Å². The monoisotopic (exact) mass is 349 g/mol. The molecule has 2 aromatic heterocycles. The molecule has 1 aliphatic rings. The van der Waals surface area contributed by atoms with Gasteiger partial charge in [0.1, 0.15) is 0 Å². The number of aromatic amines is 1. The first-order valence-corrected chi connectivity index (χ1v) is 9.02. The van der Waals surface area contributed by atoms with Gasteiger partial charge in [-0.25, -0.2) is 0 Å². The molecule has 1 saturated heterocycles. The Morgan fingerprint density at radius 1 is 1.15 bits per heavy atom. The maximum Gasteiger partial charge on any atom is 0.255 e. The van der Waals surface area contributed by atoms with Crippen LogP contribution in [0.15, 0.2) is 36.7 Å². The number of rotatable bonds is 3. The van der Waals surface area contributed by atoms with E-state index in [4.69, 9.17) is 0 Å². The summed E-state index contributed by atoms with van der Waals surface area (Å²) in [5, 5.41) is 11.5. The molecule has 6 nitrogen and oxygen atoms in total. The number of nitrogens with zero attached hydrogens (tertiary/aromatic N) is 3. The second-order valence-corrected chi connectivity index (χ2v) is 6.92. The van der Waals surface area contributed by atoms with Crippen molar-refractivity contribution in [3.05, 3.63) is 47.8 Å². The lowest BCUT2D eigenvalue weighted by Gasteiger charge is -2.31. The van der Waals surface area contributed by atoms with E-state index in [2.05, 4.69) is 33.5 Å². The van der Waals surface area contributed by atoms with Crippen LogP contribution in [0.25, 0.3) is 22.2 Å². The molecular formula is C20H23N5O.